The molecule has 2 aliphatic heterocycles. The zero-order valence-electron chi connectivity index (χ0n) is 14.1. The molecule has 0 aliphatic carbocycles. The van der Waals surface area contributed by atoms with Gasteiger partial charge in [-0.1, -0.05) is 18.2 Å². The molecule has 0 radical (unpaired) electrons. The molecule has 1 atom stereocenters. The fourth-order valence-corrected chi connectivity index (χ4v) is 3.38. The van der Waals surface area contributed by atoms with Crippen molar-refractivity contribution in [2.75, 3.05) is 18.0 Å². The van der Waals surface area contributed by atoms with Crippen molar-refractivity contribution >= 4 is 11.7 Å². The molecular weight excluding hydrogens is 316 g/mol. The van der Waals surface area contributed by atoms with Gasteiger partial charge in [-0.25, -0.2) is 9.97 Å². The number of nitrogens with zero attached hydrogens (tertiary/aromatic N) is 3. The second-order valence-electron chi connectivity index (χ2n) is 6.50. The number of hydrogen-bond acceptors (Lipinski definition) is 5. The molecule has 4 rings (SSSR count). The van der Waals surface area contributed by atoms with Gasteiger partial charge in [-0.05, 0) is 43.4 Å². The molecule has 1 amide bonds. The number of anilines is 1. The largest absolute Gasteiger partial charge is 0.480 e. The zero-order valence-corrected chi connectivity index (χ0v) is 14.1. The van der Waals surface area contributed by atoms with Crippen LogP contribution in [0.1, 0.15) is 30.7 Å². The van der Waals surface area contributed by atoms with Crippen LogP contribution in [0, 0.1) is 0 Å². The van der Waals surface area contributed by atoms with Crippen LogP contribution < -0.4 is 15.0 Å². The van der Waals surface area contributed by atoms with Crippen LogP contribution in [-0.4, -0.2) is 35.1 Å². The molecule has 1 saturated heterocycles. The first-order chi connectivity index (χ1) is 12.3. The van der Waals surface area contributed by atoms with Gasteiger partial charge in [-0.3, -0.25) is 4.79 Å². The molecule has 2 aromatic rings. The Morgan fingerprint density at radius 1 is 1.24 bits per heavy atom. The number of para-hydroxylation sites is 1. The number of benzene rings is 1. The van der Waals surface area contributed by atoms with E-state index >= 15 is 0 Å². The maximum Gasteiger partial charge on any atom is 0.261 e. The first-order valence-electron chi connectivity index (χ1n) is 8.89. The van der Waals surface area contributed by atoms with Crippen LogP contribution in [0.3, 0.4) is 0 Å². The van der Waals surface area contributed by atoms with Gasteiger partial charge in [0.05, 0.1) is 6.54 Å². The smallest absolute Gasteiger partial charge is 0.261 e. The molecule has 6 heteroatoms. The van der Waals surface area contributed by atoms with Crippen molar-refractivity contribution in [3.8, 4) is 5.75 Å². The van der Waals surface area contributed by atoms with Crippen LogP contribution in [0.2, 0.25) is 0 Å². The Hall–Kier alpha value is -2.63. The number of hydrogen-bond donors (Lipinski definition) is 1. The van der Waals surface area contributed by atoms with Gasteiger partial charge >= 0.3 is 0 Å². The van der Waals surface area contributed by atoms with E-state index in [1.807, 2.05) is 30.3 Å². The van der Waals surface area contributed by atoms with Gasteiger partial charge in [0, 0.05) is 19.3 Å². The lowest BCUT2D eigenvalue weighted by atomic mass is 10.0. The monoisotopic (exact) mass is 338 g/mol. The van der Waals surface area contributed by atoms with Crippen LogP contribution in [0.15, 0.2) is 36.5 Å². The predicted molar refractivity (Wildman–Crippen MR) is 94.5 cm³/mol. The predicted octanol–water partition coefficient (Wildman–Crippen LogP) is 2.09. The molecule has 1 aromatic heterocycles. The van der Waals surface area contributed by atoms with Crippen LogP contribution in [-0.2, 0) is 17.8 Å². The maximum atomic E-state index is 12.4. The summed E-state index contributed by atoms with van der Waals surface area (Å²) in [5, 5.41) is 2.91. The summed E-state index contributed by atoms with van der Waals surface area (Å²) in [6.07, 6.45) is 5.27. The van der Waals surface area contributed by atoms with Crippen molar-refractivity contribution in [2.24, 2.45) is 0 Å². The molecular formula is C19H22N4O2. The summed E-state index contributed by atoms with van der Waals surface area (Å²) in [6.45, 7) is 2.40. The van der Waals surface area contributed by atoms with E-state index in [2.05, 4.69) is 20.2 Å². The topological polar surface area (TPSA) is 67.4 Å². The summed E-state index contributed by atoms with van der Waals surface area (Å²) in [5.41, 5.74) is 1.16. The van der Waals surface area contributed by atoms with E-state index in [1.54, 1.807) is 6.20 Å². The van der Waals surface area contributed by atoms with Crippen LogP contribution in [0.5, 0.6) is 5.75 Å². The number of nitrogens with one attached hydrogen (secondary N) is 1. The molecule has 1 aromatic carbocycles. The summed E-state index contributed by atoms with van der Waals surface area (Å²) in [5.74, 6) is 2.28. The molecule has 2 aliphatic rings. The molecule has 0 bridgehead atoms. The fraction of sp³-hybridized carbons (Fsp3) is 0.421. The van der Waals surface area contributed by atoms with Gasteiger partial charge in [0.2, 0.25) is 0 Å². The van der Waals surface area contributed by atoms with E-state index in [9.17, 15) is 4.79 Å². The van der Waals surface area contributed by atoms with Crippen molar-refractivity contribution in [3.05, 3.63) is 47.9 Å². The Balaban J connectivity index is 1.35. The van der Waals surface area contributed by atoms with E-state index in [-0.39, 0.29) is 5.91 Å². The number of aromatic nitrogens is 2. The summed E-state index contributed by atoms with van der Waals surface area (Å²) in [4.78, 5) is 23.5. The summed E-state index contributed by atoms with van der Waals surface area (Å²) < 4.78 is 5.83. The highest BCUT2D eigenvalue weighted by atomic mass is 16.5. The third-order valence-electron chi connectivity index (χ3n) is 4.75. The quantitative estimate of drug-likeness (QED) is 0.924. The van der Waals surface area contributed by atoms with Gasteiger partial charge in [0.25, 0.3) is 5.91 Å². The molecule has 6 nitrogen and oxygen atoms in total. The summed E-state index contributed by atoms with van der Waals surface area (Å²) in [6, 6.07) is 9.81. The minimum atomic E-state index is -0.448. The van der Waals surface area contributed by atoms with Crippen molar-refractivity contribution in [1.82, 2.24) is 15.3 Å². The molecule has 130 valence electrons. The van der Waals surface area contributed by atoms with Crippen molar-refractivity contribution in [1.29, 1.82) is 0 Å². The lowest BCUT2D eigenvalue weighted by molar-refractivity contribution is -0.128. The number of fused-ring (bicyclic) bond motifs is 1. The normalized spacial score (nSPS) is 19.2. The molecule has 0 spiro atoms. The molecule has 1 fully saturated rings. The van der Waals surface area contributed by atoms with Crippen LogP contribution in [0.25, 0.3) is 0 Å². The van der Waals surface area contributed by atoms with E-state index in [1.165, 1.54) is 12.8 Å². The molecule has 3 heterocycles. The minimum Gasteiger partial charge on any atom is -0.480 e. The number of carbonyl (C=O) groups excluding carboxylic acids is 1. The highest BCUT2D eigenvalue weighted by molar-refractivity contribution is 5.81. The molecule has 25 heavy (non-hydrogen) atoms. The maximum absolute atomic E-state index is 12.4. The number of aryl methyl sites for hydroxylation is 1. The number of amides is 1. The zero-order chi connectivity index (χ0) is 17.1. The second-order valence-corrected chi connectivity index (χ2v) is 6.50. The van der Waals surface area contributed by atoms with Crippen molar-refractivity contribution in [2.45, 2.75) is 38.3 Å². The highest BCUT2D eigenvalue weighted by Crippen LogP contribution is 2.27. The fourth-order valence-electron chi connectivity index (χ4n) is 3.38. The Kier molecular flexibility index (Phi) is 4.50. The van der Waals surface area contributed by atoms with Gasteiger partial charge in [-0.2, -0.15) is 0 Å². The third kappa shape index (κ3) is 3.57. The van der Waals surface area contributed by atoms with Crippen LogP contribution >= 0.6 is 0 Å². The van der Waals surface area contributed by atoms with E-state index < -0.39 is 6.10 Å². The Morgan fingerprint density at radius 3 is 2.96 bits per heavy atom. The van der Waals surface area contributed by atoms with Gasteiger partial charge < -0.3 is 15.0 Å². The van der Waals surface area contributed by atoms with Gasteiger partial charge in [-0.15, -0.1) is 0 Å². The van der Waals surface area contributed by atoms with Crippen LogP contribution in [0.4, 0.5) is 5.82 Å². The number of ether oxygens (including phenoxy) is 1. The number of rotatable bonds is 4. The Labute approximate surface area is 147 Å². The van der Waals surface area contributed by atoms with E-state index in [0.29, 0.717) is 18.8 Å². The highest BCUT2D eigenvalue weighted by Gasteiger charge is 2.25. The third-order valence-corrected chi connectivity index (χ3v) is 4.75. The first-order valence-corrected chi connectivity index (χ1v) is 8.89. The van der Waals surface area contributed by atoms with E-state index in [4.69, 9.17) is 4.74 Å². The number of carbonyl (C=O) groups is 1. The van der Waals surface area contributed by atoms with Gasteiger partial charge in [0.1, 0.15) is 17.4 Å². The summed E-state index contributed by atoms with van der Waals surface area (Å²) in [7, 11) is 0. The Morgan fingerprint density at radius 2 is 2.08 bits per heavy atom. The minimum absolute atomic E-state index is 0.107. The van der Waals surface area contributed by atoms with Crippen molar-refractivity contribution in [3.63, 3.8) is 0 Å². The molecule has 1 N–H and O–H groups in total. The lowest BCUT2D eigenvalue weighted by Gasteiger charge is -2.25. The molecule has 0 saturated carbocycles. The SMILES string of the molecule is O=C(NCc1nccc(N2CCCC2)n1)C1CCc2ccccc2O1. The standard InChI is InChI=1S/C19H22N4O2/c24-19(16-8-7-14-5-1-2-6-15(14)25-16)21-13-17-20-10-9-18(22-17)23-11-3-4-12-23/h1-2,5-6,9-10,16H,3-4,7-8,11-13H2,(H,21,24). The average Bonchev–Trinajstić information content (AvgIpc) is 3.21. The van der Waals surface area contributed by atoms with E-state index in [0.717, 1.165) is 36.6 Å². The first kappa shape index (κ1) is 15.9. The second kappa shape index (κ2) is 7.09. The Bertz CT molecular complexity index is 759. The molecule has 1 unspecified atom stereocenters. The van der Waals surface area contributed by atoms with Crippen molar-refractivity contribution < 1.29 is 9.53 Å². The summed E-state index contributed by atoms with van der Waals surface area (Å²) >= 11 is 0. The van der Waals surface area contributed by atoms with Gasteiger partial charge in [0.15, 0.2) is 6.10 Å². The average molecular weight is 338 g/mol. The lowest BCUT2D eigenvalue weighted by Crippen LogP contribution is -2.40.